The van der Waals surface area contributed by atoms with Crippen molar-refractivity contribution in [1.29, 1.82) is 0 Å². The van der Waals surface area contributed by atoms with Gasteiger partial charge in [0.2, 0.25) is 0 Å². The van der Waals surface area contributed by atoms with E-state index in [0.29, 0.717) is 24.0 Å². The average Bonchev–Trinajstić information content (AvgIpc) is 3.47. The minimum absolute atomic E-state index is 0.487. The number of methoxy groups -OCH3 is 1. The third-order valence-corrected chi connectivity index (χ3v) is 7.94. The monoisotopic (exact) mass is 482 g/mol. The van der Waals surface area contributed by atoms with Crippen LogP contribution >= 0.6 is 11.3 Å². The van der Waals surface area contributed by atoms with Gasteiger partial charge in [-0.25, -0.2) is 10.8 Å². The normalized spacial score (nSPS) is 19.4. The van der Waals surface area contributed by atoms with Crippen molar-refractivity contribution >= 4 is 32.9 Å². The molecule has 0 amide bonds. The molecule has 5 rings (SSSR count). The van der Waals surface area contributed by atoms with Gasteiger partial charge in [0.15, 0.2) is 0 Å². The standard InChI is InChI=1S/C24H34N8OS/c1-33-18-8-19(20-11-29-30-22(20)9-18)21(25)14-32(26)15-23-28-12-24(34-23)31-7-3-6-17(13-31)27-10-16-4-2-5-16/h8-9,11-12,14,16-17,27H,2-7,10,13,15,25-26H2,1H3,(H,29,30)/b21-14-. The van der Waals surface area contributed by atoms with Gasteiger partial charge in [-0.2, -0.15) is 5.10 Å². The number of rotatable bonds is 9. The molecule has 1 saturated heterocycles. The number of hydrazine groups is 1. The molecular formula is C24H34N8OS. The van der Waals surface area contributed by atoms with E-state index in [2.05, 4.69) is 25.4 Å². The summed E-state index contributed by atoms with van der Waals surface area (Å²) >= 11 is 1.70. The molecule has 2 fully saturated rings. The lowest BCUT2D eigenvalue weighted by molar-refractivity contribution is 0.280. The van der Waals surface area contributed by atoms with E-state index in [1.54, 1.807) is 35.9 Å². The first-order valence-electron chi connectivity index (χ1n) is 12.0. The van der Waals surface area contributed by atoms with Crippen LogP contribution in [0.5, 0.6) is 5.75 Å². The molecule has 1 aliphatic heterocycles. The van der Waals surface area contributed by atoms with Gasteiger partial charge in [0.1, 0.15) is 15.8 Å². The maximum atomic E-state index is 6.41. The van der Waals surface area contributed by atoms with Crippen molar-refractivity contribution in [2.75, 3.05) is 31.6 Å². The lowest BCUT2D eigenvalue weighted by Gasteiger charge is -2.35. The van der Waals surface area contributed by atoms with Gasteiger partial charge in [0.05, 0.1) is 37.3 Å². The van der Waals surface area contributed by atoms with Crippen molar-refractivity contribution in [3.8, 4) is 5.75 Å². The van der Waals surface area contributed by atoms with Crippen LogP contribution in [0.3, 0.4) is 0 Å². The zero-order valence-corrected chi connectivity index (χ0v) is 20.5. The molecule has 1 saturated carbocycles. The van der Waals surface area contributed by atoms with E-state index in [4.69, 9.17) is 16.3 Å². The number of nitrogens with one attached hydrogen (secondary N) is 2. The summed E-state index contributed by atoms with van der Waals surface area (Å²) in [6.07, 6.45) is 12.1. The number of benzene rings is 1. The third-order valence-electron chi connectivity index (χ3n) is 6.90. The molecule has 3 aromatic rings. The van der Waals surface area contributed by atoms with Gasteiger partial charge in [-0.05, 0) is 44.2 Å². The number of hydrogen-bond acceptors (Lipinski definition) is 9. The van der Waals surface area contributed by atoms with Gasteiger partial charge in [0.25, 0.3) is 0 Å². The molecule has 2 aliphatic rings. The van der Waals surface area contributed by atoms with Crippen LogP contribution in [0.4, 0.5) is 5.00 Å². The number of hydrogen-bond donors (Lipinski definition) is 4. The molecule has 3 heterocycles. The van der Waals surface area contributed by atoms with E-state index in [0.717, 1.165) is 40.5 Å². The summed E-state index contributed by atoms with van der Waals surface area (Å²) in [6, 6.07) is 4.35. The van der Waals surface area contributed by atoms with Crippen LogP contribution in [-0.4, -0.2) is 53.0 Å². The molecule has 1 aliphatic carbocycles. The van der Waals surface area contributed by atoms with Crippen molar-refractivity contribution in [1.82, 2.24) is 25.5 Å². The Hall–Kier alpha value is -2.82. The minimum atomic E-state index is 0.487. The molecule has 1 unspecified atom stereocenters. The fourth-order valence-electron chi connectivity index (χ4n) is 4.73. The summed E-state index contributed by atoms with van der Waals surface area (Å²) in [5.74, 6) is 7.89. The number of nitrogens with two attached hydrogens (primary N) is 2. The predicted octanol–water partition coefficient (Wildman–Crippen LogP) is 3.02. The lowest BCUT2D eigenvalue weighted by Crippen LogP contribution is -2.47. The Balaban J connectivity index is 1.21. The zero-order valence-electron chi connectivity index (χ0n) is 19.7. The van der Waals surface area contributed by atoms with Crippen molar-refractivity contribution < 1.29 is 4.74 Å². The first kappa shape index (κ1) is 22.9. The van der Waals surface area contributed by atoms with Crippen molar-refractivity contribution in [3.63, 3.8) is 0 Å². The second kappa shape index (κ2) is 10.2. The Bertz CT molecular complexity index is 1140. The molecule has 34 heavy (non-hydrogen) atoms. The summed E-state index contributed by atoms with van der Waals surface area (Å²) in [5.41, 5.74) is 8.64. The minimum Gasteiger partial charge on any atom is -0.497 e. The molecule has 1 aromatic carbocycles. The zero-order chi connectivity index (χ0) is 23.5. The third kappa shape index (κ3) is 5.13. The Labute approximate surface area is 204 Å². The number of fused-ring (bicyclic) bond motifs is 1. The van der Waals surface area contributed by atoms with Crippen LogP contribution in [0, 0.1) is 5.92 Å². The molecular weight excluding hydrogens is 448 g/mol. The summed E-state index contributed by atoms with van der Waals surface area (Å²) in [7, 11) is 1.63. The van der Waals surface area contributed by atoms with Gasteiger partial charge >= 0.3 is 0 Å². The molecule has 0 radical (unpaired) electrons. The smallest absolute Gasteiger partial charge is 0.121 e. The van der Waals surface area contributed by atoms with Gasteiger partial charge in [-0.3, -0.25) is 5.10 Å². The summed E-state index contributed by atoms with van der Waals surface area (Å²) in [6.45, 7) is 3.78. The van der Waals surface area contributed by atoms with Gasteiger partial charge in [0, 0.05) is 42.3 Å². The topological polar surface area (TPSA) is 121 Å². The highest BCUT2D eigenvalue weighted by Gasteiger charge is 2.24. The summed E-state index contributed by atoms with van der Waals surface area (Å²) in [5, 5.41) is 15.6. The highest BCUT2D eigenvalue weighted by atomic mass is 32.1. The average molecular weight is 483 g/mol. The van der Waals surface area contributed by atoms with E-state index in [-0.39, 0.29) is 0 Å². The van der Waals surface area contributed by atoms with Crippen LogP contribution in [0.2, 0.25) is 0 Å². The van der Waals surface area contributed by atoms with Crippen molar-refractivity contribution in [2.45, 2.75) is 44.7 Å². The van der Waals surface area contributed by atoms with Crippen LogP contribution < -0.4 is 26.5 Å². The molecule has 1 atom stereocenters. The molecule has 10 heteroatoms. The van der Waals surface area contributed by atoms with E-state index in [1.165, 1.54) is 43.6 Å². The molecule has 0 bridgehead atoms. The first-order valence-corrected chi connectivity index (χ1v) is 12.8. The van der Waals surface area contributed by atoms with Crippen LogP contribution in [0.15, 0.2) is 30.7 Å². The van der Waals surface area contributed by atoms with Gasteiger partial charge < -0.3 is 25.7 Å². The maximum absolute atomic E-state index is 6.41. The van der Waals surface area contributed by atoms with Crippen LogP contribution in [0.25, 0.3) is 16.6 Å². The fourth-order valence-corrected chi connectivity index (χ4v) is 5.69. The molecule has 0 spiro atoms. The Morgan fingerprint density at radius 1 is 1.32 bits per heavy atom. The number of H-pyrrole nitrogens is 1. The van der Waals surface area contributed by atoms with Crippen molar-refractivity contribution in [3.05, 3.63) is 41.3 Å². The second-order valence-electron chi connectivity index (χ2n) is 9.35. The predicted molar refractivity (Wildman–Crippen MR) is 137 cm³/mol. The SMILES string of the molecule is COc1cc(/C(N)=C/N(N)Cc2ncc(N3CCCC(NCC4CCC4)C3)s2)c2cn[nH]c2c1. The summed E-state index contributed by atoms with van der Waals surface area (Å²) < 4.78 is 5.39. The molecule has 182 valence electrons. The number of aromatic nitrogens is 3. The van der Waals surface area contributed by atoms with Gasteiger partial charge in [-0.15, -0.1) is 0 Å². The largest absolute Gasteiger partial charge is 0.497 e. The van der Waals surface area contributed by atoms with E-state index >= 15 is 0 Å². The van der Waals surface area contributed by atoms with E-state index in [1.807, 2.05) is 18.3 Å². The number of aromatic amines is 1. The Morgan fingerprint density at radius 2 is 2.21 bits per heavy atom. The quantitative estimate of drug-likeness (QED) is 0.271. The molecule has 6 N–H and O–H groups in total. The highest BCUT2D eigenvalue weighted by Crippen LogP contribution is 2.30. The first-order chi connectivity index (χ1) is 16.6. The Morgan fingerprint density at radius 3 is 3.00 bits per heavy atom. The second-order valence-corrected chi connectivity index (χ2v) is 10.4. The number of thiazole rings is 1. The maximum Gasteiger partial charge on any atom is 0.121 e. The summed E-state index contributed by atoms with van der Waals surface area (Å²) in [4.78, 5) is 7.09. The molecule has 2 aromatic heterocycles. The van der Waals surface area contributed by atoms with Crippen molar-refractivity contribution in [2.24, 2.45) is 17.5 Å². The molecule has 9 nitrogen and oxygen atoms in total. The fraction of sp³-hybridized carbons (Fsp3) is 0.500. The number of nitrogens with zero attached hydrogens (tertiary/aromatic N) is 4. The Kier molecular flexibility index (Phi) is 6.89. The number of ether oxygens (including phenoxy) is 1. The number of piperidine rings is 1. The van der Waals surface area contributed by atoms with E-state index in [9.17, 15) is 0 Å². The van der Waals surface area contributed by atoms with E-state index < -0.39 is 0 Å². The van der Waals surface area contributed by atoms with Gasteiger partial charge in [-0.1, -0.05) is 17.8 Å². The van der Waals surface area contributed by atoms with Crippen LogP contribution in [0.1, 0.15) is 42.7 Å². The lowest BCUT2D eigenvalue weighted by atomic mass is 9.85. The number of anilines is 1. The van der Waals surface area contributed by atoms with Crippen LogP contribution in [-0.2, 0) is 6.54 Å². The highest BCUT2D eigenvalue weighted by molar-refractivity contribution is 7.15.